The highest BCUT2D eigenvalue weighted by atomic mass is 16.5. The van der Waals surface area contributed by atoms with E-state index in [1.165, 1.54) is 43.2 Å². The number of phenols is 1. The first-order valence-corrected chi connectivity index (χ1v) is 10.7. The van der Waals surface area contributed by atoms with Gasteiger partial charge in [0.2, 0.25) is 0 Å². The van der Waals surface area contributed by atoms with Gasteiger partial charge >= 0.3 is 0 Å². The highest BCUT2D eigenvalue weighted by Gasteiger charge is 2.52. The number of ether oxygens (including phenoxy) is 1. The Morgan fingerprint density at radius 2 is 2.07 bits per heavy atom. The van der Waals surface area contributed by atoms with Crippen molar-refractivity contribution < 1.29 is 9.84 Å². The minimum Gasteiger partial charge on any atom is -0.508 e. The third kappa shape index (κ3) is 3.56. The molecular formula is C24H35NO2. The Bertz CT molecular complexity index is 710. The van der Waals surface area contributed by atoms with E-state index >= 15 is 0 Å². The fourth-order valence-corrected chi connectivity index (χ4v) is 6.24. The van der Waals surface area contributed by atoms with Crippen molar-refractivity contribution in [3.8, 4) is 5.75 Å². The number of phenolic OH excluding ortho intramolecular Hbond substituents is 1. The maximum absolute atomic E-state index is 9.84. The molecule has 3 heteroatoms. The van der Waals surface area contributed by atoms with E-state index in [2.05, 4.69) is 38.1 Å². The first-order valence-electron chi connectivity index (χ1n) is 10.7. The van der Waals surface area contributed by atoms with Crippen LogP contribution in [0.15, 0.2) is 29.8 Å². The zero-order chi connectivity index (χ0) is 19.0. The van der Waals surface area contributed by atoms with Gasteiger partial charge in [0, 0.05) is 6.54 Å². The van der Waals surface area contributed by atoms with E-state index in [1.54, 1.807) is 5.57 Å². The van der Waals surface area contributed by atoms with Gasteiger partial charge < -0.3 is 14.7 Å². The van der Waals surface area contributed by atoms with E-state index in [-0.39, 0.29) is 0 Å². The Hall–Kier alpha value is -1.32. The van der Waals surface area contributed by atoms with Gasteiger partial charge in [0.05, 0.1) is 13.2 Å². The number of nitrogens with zero attached hydrogens (tertiary/aromatic N) is 1. The van der Waals surface area contributed by atoms with Crippen molar-refractivity contribution in [2.24, 2.45) is 17.3 Å². The maximum Gasteiger partial charge on any atom is 0.115 e. The number of benzene rings is 1. The fourth-order valence-electron chi connectivity index (χ4n) is 6.24. The Morgan fingerprint density at radius 3 is 2.89 bits per heavy atom. The summed E-state index contributed by atoms with van der Waals surface area (Å²) in [6.45, 7) is 5.09. The molecule has 2 saturated carbocycles. The third-order valence-corrected chi connectivity index (χ3v) is 7.69. The van der Waals surface area contributed by atoms with E-state index in [9.17, 15) is 5.11 Å². The average Bonchev–Trinajstić information content (AvgIpc) is 2.97. The molecule has 3 nitrogen and oxygen atoms in total. The zero-order valence-corrected chi connectivity index (χ0v) is 17.2. The van der Waals surface area contributed by atoms with Crippen LogP contribution in [0.5, 0.6) is 5.75 Å². The zero-order valence-electron chi connectivity index (χ0n) is 17.2. The van der Waals surface area contributed by atoms with Crippen molar-refractivity contribution >= 4 is 0 Å². The minimum absolute atomic E-state index is 0.375. The van der Waals surface area contributed by atoms with Crippen LogP contribution in [0.4, 0.5) is 0 Å². The molecule has 27 heavy (non-hydrogen) atoms. The predicted molar refractivity (Wildman–Crippen MR) is 110 cm³/mol. The molecule has 3 aliphatic carbocycles. The van der Waals surface area contributed by atoms with Crippen molar-refractivity contribution in [2.45, 2.75) is 51.4 Å². The fraction of sp³-hybridized carbons (Fsp3) is 0.667. The summed E-state index contributed by atoms with van der Waals surface area (Å²) in [6.07, 6.45) is 10.00. The SMILES string of the molecule is CN(C)CCOC/C=C1/CCC2C3CCc4cc(O)ccc4C3CCC12C. The van der Waals surface area contributed by atoms with Crippen molar-refractivity contribution in [1.82, 2.24) is 4.90 Å². The van der Waals surface area contributed by atoms with Crippen molar-refractivity contribution in [2.75, 3.05) is 33.9 Å². The molecule has 0 amide bonds. The van der Waals surface area contributed by atoms with Gasteiger partial charge in [-0.15, -0.1) is 0 Å². The summed E-state index contributed by atoms with van der Waals surface area (Å²) in [7, 11) is 4.18. The summed E-state index contributed by atoms with van der Waals surface area (Å²) in [4.78, 5) is 2.17. The predicted octanol–water partition coefficient (Wildman–Crippen LogP) is 4.75. The molecule has 1 N–H and O–H groups in total. The lowest BCUT2D eigenvalue weighted by Crippen LogP contribution is -2.40. The topological polar surface area (TPSA) is 32.7 Å². The maximum atomic E-state index is 9.84. The van der Waals surface area contributed by atoms with E-state index in [0.717, 1.165) is 38.0 Å². The Balaban J connectivity index is 1.46. The van der Waals surface area contributed by atoms with Crippen molar-refractivity contribution in [3.05, 3.63) is 41.0 Å². The van der Waals surface area contributed by atoms with E-state index in [4.69, 9.17) is 4.74 Å². The molecule has 0 bridgehead atoms. The van der Waals surface area contributed by atoms with E-state index < -0.39 is 0 Å². The van der Waals surface area contributed by atoms with Gasteiger partial charge in [-0.1, -0.05) is 24.6 Å². The second-order valence-electron chi connectivity index (χ2n) is 9.40. The summed E-state index contributed by atoms with van der Waals surface area (Å²) in [5, 5.41) is 9.84. The van der Waals surface area contributed by atoms with Crippen LogP contribution >= 0.6 is 0 Å². The smallest absolute Gasteiger partial charge is 0.115 e. The molecule has 0 heterocycles. The Labute approximate surface area is 164 Å². The standard InChI is InChI=1S/C24H35NO2/c1-24-12-10-21-20-8-6-19(26)16-17(20)4-7-22(21)23(24)9-5-18(24)11-14-27-15-13-25(2)3/h6,8,11,16,21-23,26H,4-5,7,9-10,12-15H2,1-3H3/b18-11-. The summed E-state index contributed by atoms with van der Waals surface area (Å²) < 4.78 is 5.85. The summed E-state index contributed by atoms with van der Waals surface area (Å²) in [5.41, 5.74) is 4.95. The molecule has 148 valence electrons. The van der Waals surface area contributed by atoms with Crippen LogP contribution in [0.2, 0.25) is 0 Å². The highest BCUT2D eigenvalue weighted by Crippen LogP contribution is 2.62. The molecule has 0 aliphatic heterocycles. The number of rotatable bonds is 5. The Kier molecular flexibility index (Phi) is 5.35. The monoisotopic (exact) mass is 369 g/mol. The molecule has 3 aliphatic rings. The first-order chi connectivity index (χ1) is 13.0. The largest absolute Gasteiger partial charge is 0.508 e. The number of aromatic hydroxyl groups is 1. The van der Waals surface area contributed by atoms with Crippen LogP contribution in [0.3, 0.4) is 0 Å². The van der Waals surface area contributed by atoms with Crippen LogP contribution in [0.25, 0.3) is 0 Å². The molecule has 0 radical (unpaired) electrons. The number of hydrogen-bond donors (Lipinski definition) is 1. The molecule has 0 spiro atoms. The lowest BCUT2D eigenvalue weighted by molar-refractivity contribution is 0.0801. The lowest BCUT2D eigenvalue weighted by Gasteiger charge is -2.49. The van der Waals surface area contributed by atoms with E-state index in [1.807, 2.05) is 12.1 Å². The first kappa shape index (κ1) is 19.0. The summed E-state index contributed by atoms with van der Waals surface area (Å²) in [6, 6.07) is 6.10. The van der Waals surface area contributed by atoms with Gasteiger partial charge in [-0.05, 0) is 99.0 Å². The van der Waals surface area contributed by atoms with Crippen molar-refractivity contribution in [3.63, 3.8) is 0 Å². The van der Waals surface area contributed by atoms with Crippen LogP contribution < -0.4 is 0 Å². The van der Waals surface area contributed by atoms with Gasteiger partial charge in [0.15, 0.2) is 0 Å². The van der Waals surface area contributed by atoms with Crippen LogP contribution in [0, 0.1) is 17.3 Å². The van der Waals surface area contributed by atoms with Gasteiger partial charge in [0.25, 0.3) is 0 Å². The molecular weight excluding hydrogens is 334 g/mol. The minimum atomic E-state index is 0.375. The van der Waals surface area contributed by atoms with E-state index in [0.29, 0.717) is 17.1 Å². The molecule has 4 rings (SSSR count). The summed E-state index contributed by atoms with van der Waals surface area (Å²) >= 11 is 0. The molecule has 2 fully saturated rings. The lowest BCUT2D eigenvalue weighted by atomic mass is 9.55. The normalized spacial score (nSPS) is 33.8. The Morgan fingerprint density at radius 1 is 1.22 bits per heavy atom. The van der Waals surface area contributed by atoms with Gasteiger partial charge in [-0.3, -0.25) is 0 Å². The van der Waals surface area contributed by atoms with Gasteiger partial charge in [-0.25, -0.2) is 0 Å². The number of allylic oxidation sites excluding steroid dienone is 1. The number of aryl methyl sites for hydroxylation is 1. The second kappa shape index (κ2) is 7.60. The molecule has 1 aromatic rings. The highest BCUT2D eigenvalue weighted by molar-refractivity contribution is 5.40. The van der Waals surface area contributed by atoms with Crippen LogP contribution in [-0.4, -0.2) is 43.9 Å². The molecule has 4 atom stereocenters. The third-order valence-electron chi connectivity index (χ3n) is 7.69. The van der Waals surface area contributed by atoms with Crippen molar-refractivity contribution in [1.29, 1.82) is 0 Å². The molecule has 1 aromatic carbocycles. The number of fused-ring (bicyclic) bond motifs is 5. The number of likely N-dealkylation sites (N-methyl/N-ethyl adjacent to an activating group) is 1. The summed E-state index contributed by atoms with van der Waals surface area (Å²) in [5.74, 6) is 2.74. The quantitative estimate of drug-likeness (QED) is 0.600. The van der Waals surface area contributed by atoms with Crippen LogP contribution in [-0.2, 0) is 11.2 Å². The molecule has 4 unspecified atom stereocenters. The molecule has 0 saturated heterocycles. The number of hydrogen-bond acceptors (Lipinski definition) is 3. The average molecular weight is 370 g/mol. The van der Waals surface area contributed by atoms with Gasteiger partial charge in [-0.2, -0.15) is 0 Å². The second-order valence-corrected chi connectivity index (χ2v) is 9.40. The molecule has 0 aromatic heterocycles. The van der Waals surface area contributed by atoms with Gasteiger partial charge in [0.1, 0.15) is 5.75 Å². The van der Waals surface area contributed by atoms with Crippen LogP contribution in [0.1, 0.15) is 56.1 Å².